The summed E-state index contributed by atoms with van der Waals surface area (Å²) in [5, 5.41) is 2.68. The lowest BCUT2D eigenvalue weighted by molar-refractivity contribution is -0.116. The lowest BCUT2D eigenvalue weighted by atomic mass is 10.1. The number of aryl methyl sites for hydroxylation is 1. The number of carbonyl (C=O) groups is 1. The Hall–Kier alpha value is -1.44. The molecule has 21 heavy (non-hydrogen) atoms. The molecule has 0 saturated carbocycles. The molecule has 1 aromatic carbocycles. The Labute approximate surface area is 126 Å². The van der Waals surface area contributed by atoms with E-state index in [1.807, 2.05) is 6.92 Å². The first-order chi connectivity index (χ1) is 9.80. The van der Waals surface area contributed by atoms with Crippen molar-refractivity contribution in [3.63, 3.8) is 0 Å². The zero-order valence-electron chi connectivity index (χ0n) is 12.6. The van der Waals surface area contributed by atoms with Gasteiger partial charge in [-0.15, -0.1) is 0 Å². The maximum Gasteiger partial charge on any atom is 0.240 e. The second-order valence-corrected chi connectivity index (χ2v) is 6.84. The van der Waals surface area contributed by atoms with Gasteiger partial charge in [0.15, 0.2) is 0 Å². The van der Waals surface area contributed by atoms with Crippen molar-refractivity contribution in [3.8, 4) is 0 Å². The van der Waals surface area contributed by atoms with Gasteiger partial charge in [-0.1, -0.05) is 19.4 Å². The zero-order chi connectivity index (χ0) is 16.0. The van der Waals surface area contributed by atoms with Crippen LogP contribution in [0.1, 0.15) is 31.7 Å². The van der Waals surface area contributed by atoms with E-state index in [1.54, 1.807) is 19.1 Å². The van der Waals surface area contributed by atoms with Gasteiger partial charge in [-0.3, -0.25) is 4.79 Å². The molecule has 0 heterocycles. The highest BCUT2D eigenvalue weighted by Crippen LogP contribution is 2.20. The van der Waals surface area contributed by atoms with E-state index in [4.69, 9.17) is 5.73 Å². The third-order valence-electron chi connectivity index (χ3n) is 3.14. The Morgan fingerprint density at radius 1 is 1.38 bits per heavy atom. The molecule has 0 saturated heterocycles. The minimum atomic E-state index is -3.54. The molecule has 1 atom stereocenters. The first-order valence-corrected chi connectivity index (χ1v) is 8.38. The molecule has 1 rings (SSSR count). The highest BCUT2D eigenvalue weighted by atomic mass is 32.2. The van der Waals surface area contributed by atoms with E-state index in [9.17, 15) is 13.2 Å². The molecular formula is C14H23N3O3S. The number of anilines is 1. The predicted octanol–water partition coefficient (Wildman–Crippen LogP) is 1.36. The van der Waals surface area contributed by atoms with Crippen molar-refractivity contribution in [3.05, 3.63) is 23.8 Å². The van der Waals surface area contributed by atoms with Crippen LogP contribution >= 0.6 is 0 Å². The van der Waals surface area contributed by atoms with Crippen molar-refractivity contribution >= 4 is 21.6 Å². The van der Waals surface area contributed by atoms with E-state index in [2.05, 4.69) is 10.0 Å². The van der Waals surface area contributed by atoms with E-state index in [-0.39, 0.29) is 23.3 Å². The van der Waals surface area contributed by atoms with Gasteiger partial charge >= 0.3 is 0 Å². The molecule has 4 N–H and O–H groups in total. The van der Waals surface area contributed by atoms with E-state index in [0.717, 1.165) is 12.8 Å². The number of benzene rings is 1. The zero-order valence-corrected chi connectivity index (χ0v) is 13.5. The van der Waals surface area contributed by atoms with Crippen LogP contribution in [0.4, 0.5) is 5.69 Å². The quantitative estimate of drug-likeness (QED) is 0.707. The smallest absolute Gasteiger partial charge is 0.240 e. The van der Waals surface area contributed by atoms with Gasteiger partial charge in [-0.05, 0) is 38.1 Å². The van der Waals surface area contributed by atoms with Gasteiger partial charge in [0, 0.05) is 18.2 Å². The molecule has 0 aliphatic carbocycles. The maximum absolute atomic E-state index is 11.9. The molecule has 1 amide bonds. The molecule has 0 bridgehead atoms. The maximum atomic E-state index is 11.9. The summed E-state index contributed by atoms with van der Waals surface area (Å²) in [6, 6.07) is 4.60. The number of amides is 1. The van der Waals surface area contributed by atoms with Gasteiger partial charge in [-0.25, -0.2) is 13.1 Å². The number of nitrogens with one attached hydrogen (secondary N) is 2. The topological polar surface area (TPSA) is 101 Å². The largest absolute Gasteiger partial charge is 0.327 e. The number of carbonyl (C=O) groups excluding carboxylic acids is 1. The summed E-state index contributed by atoms with van der Waals surface area (Å²) in [5.74, 6) is -0.215. The molecule has 1 aromatic rings. The van der Waals surface area contributed by atoms with Crippen LogP contribution in [0.5, 0.6) is 0 Å². The van der Waals surface area contributed by atoms with Crippen LogP contribution < -0.4 is 15.8 Å². The van der Waals surface area contributed by atoms with Gasteiger partial charge in [0.25, 0.3) is 0 Å². The van der Waals surface area contributed by atoms with E-state index in [0.29, 0.717) is 11.3 Å². The van der Waals surface area contributed by atoms with E-state index in [1.165, 1.54) is 13.1 Å². The minimum Gasteiger partial charge on any atom is -0.327 e. The summed E-state index contributed by atoms with van der Waals surface area (Å²) >= 11 is 0. The second kappa shape index (κ2) is 7.53. The fourth-order valence-electron chi connectivity index (χ4n) is 2.00. The molecule has 0 aliphatic rings. The summed E-state index contributed by atoms with van der Waals surface area (Å²) in [6.45, 7) is 3.71. The van der Waals surface area contributed by atoms with Crippen LogP contribution in [0.2, 0.25) is 0 Å². The third-order valence-corrected chi connectivity index (χ3v) is 4.69. The van der Waals surface area contributed by atoms with Crippen molar-refractivity contribution in [2.24, 2.45) is 5.73 Å². The lowest BCUT2D eigenvalue weighted by Gasteiger charge is -2.12. The molecule has 0 aromatic heterocycles. The normalized spacial score (nSPS) is 13.0. The van der Waals surface area contributed by atoms with Crippen LogP contribution in [0, 0.1) is 6.92 Å². The Morgan fingerprint density at radius 3 is 2.62 bits per heavy atom. The van der Waals surface area contributed by atoms with Crippen molar-refractivity contribution in [2.45, 2.75) is 44.0 Å². The van der Waals surface area contributed by atoms with Crippen LogP contribution in [0.25, 0.3) is 0 Å². The predicted molar refractivity (Wildman–Crippen MR) is 83.6 cm³/mol. The molecule has 0 fully saturated rings. The van der Waals surface area contributed by atoms with Gasteiger partial charge < -0.3 is 11.1 Å². The van der Waals surface area contributed by atoms with E-state index >= 15 is 0 Å². The third kappa shape index (κ3) is 5.11. The Morgan fingerprint density at radius 2 is 2.05 bits per heavy atom. The van der Waals surface area contributed by atoms with Crippen molar-refractivity contribution in [2.75, 3.05) is 12.4 Å². The number of hydrogen-bond donors (Lipinski definition) is 3. The van der Waals surface area contributed by atoms with Crippen molar-refractivity contribution in [1.29, 1.82) is 0 Å². The molecule has 0 aliphatic heterocycles. The van der Waals surface area contributed by atoms with Gasteiger partial charge in [-0.2, -0.15) is 0 Å². The number of nitrogens with two attached hydrogens (primary N) is 1. The van der Waals surface area contributed by atoms with Gasteiger partial charge in [0.05, 0.1) is 4.90 Å². The van der Waals surface area contributed by atoms with E-state index < -0.39 is 10.0 Å². The van der Waals surface area contributed by atoms with Crippen LogP contribution in [0.3, 0.4) is 0 Å². The molecule has 6 nitrogen and oxygen atoms in total. The molecular weight excluding hydrogens is 290 g/mol. The van der Waals surface area contributed by atoms with Crippen LogP contribution in [0.15, 0.2) is 23.1 Å². The SMILES string of the molecule is CCCC(N)CC(=O)Nc1ccc(C)c(S(=O)(=O)NC)c1. The second-order valence-electron chi connectivity index (χ2n) is 4.99. The molecule has 0 spiro atoms. The number of hydrogen-bond acceptors (Lipinski definition) is 4. The van der Waals surface area contributed by atoms with Gasteiger partial charge in [0.2, 0.25) is 15.9 Å². The fraction of sp³-hybridized carbons (Fsp3) is 0.500. The molecule has 7 heteroatoms. The summed E-state index contributed by atoms with van der Waals surface area (Å²) in [5.41, 5.74) is 6.88. The monoisotopic (exact) mass is 313 g/mol. The van der Waals surface area contributed by atoms with Crippen LogP contribution in [-0.4, -0.2) is 27.4 Å². The minimum absolute atomic E-state index is 0.153. The Balaban J connectivity index is 2.86. The van der Waals surface area contributed by atoms with Crippen molar-refractivity contribution < 1.29 is 13.2 Å². The Bertz CT molecular complexity index is 599. The van der Waals surface area contributed by atoms with Gasteiger partial charge in [0.1, 0.15) is 0 Å². The Kier molecular flexibility index (Phi) is 6.32. The fourth-order valence-corrected chi connectivity index (χ4v) is 2.99. The molecule has 0 radical (unpaired) electrons. The summed E-state index contributed by atoms with van der Waals surface area (Å²) in [7, 11) is -2.19. The standard InChI is InChI=1S/C14H23N3O3S/c1-4-5-11(15)8-14(18)17-12-7-6-10(2)13(9-12)21(19,20)16-3/h6-7,9,11,16H,4-5,8,15H2,1-3H3,(H,17,18). The van der Waals surface area contributed by atoms with Crippen molar-refractivity contribution in [1.82, 2.24) is 4.72 Å². The number of sulfonamides is 1. The highest BCUT2D eigenvalue weighted by Gasteiger charge is 2.16. The molecule has 1 unspecified atom stereocenters. The summed E-state index contributed by atoms with van der Waals surface area (Å²) in [4.78, 5) is 12.0. The average molecular weight is 313 g/mol. The summed E-state index contributed by atoms with van der Waals surface area (Å²) in [6.07, 6.45) is 1.92. The molecule has 118 valence electrons. The first-order valence-electron chi connectivity index (χ1n) is 6.89. The average Bonchev–Trinajstić information content (AvgIpc) is 2.40. The van der Waals surface area contributed by atoms with Crippen LogP contribution in [-0.2, 0) is 14.8 Å². The first kappa shape index (κ1) is 17.6. The lowest BCUT2D eigenvalue weighted by Crippen LogP contribution is -2.27. The summed E-state index contributed by atoms with van der Waals surface area (Å²) < 4.78 is 26.0. The highest BCUT2D eigenvalue weighted by molar-refractivity contribution is 7.89. The number of rotatable bonds is 7.